The second-order valence-corrected chi connectivity index (χ2v) is 4.89. The van der Waals surface area contributed by atoms with Crippen LogP contribution >= 0.6 is 0 Å². The van der Waals surface area contributed by atoms with E-state index in [0.29, 0.717) is 5.57 Å². The van der Waals surface area contributed by atoms with E-state index < -0.39 is 5.41 Å². The molecule has 0 aliphatic carbocycles. The molecule has 0 radical (unpaired) electrons. The maximum absolute atomic E-state index is 8.97. The molecule has 1 heterocycles. The van der Waals surface area contributed by atoms with E-state index in [1.165, 1.54) is 6.08 Å². The molecule has 0 aliphatic heterocycles. The second-order valence-electron chi connectivity index (χ2n) is 4.89. The van der Waals surface area contributed by atoms with Crippen LogP contribution in [0.15, 0.2) is 47.8 Å². The molecule has 0 saturated heterocycles. The van der Waals surface area contributed by atoms with Crippen LogP contribution in [0.2, 0.25) is 0 Å². The molecule has 5 nitrogen and oxygen atoms in total. The summed E-state index contributed by atoms with van der Waals surface area (Å²) in [4.78, 5) is 3.11. The van der Waals surface area contributed by atoms with E-state index >= 15 is 0 Å². The first kappa shape index (κ1) is 14.9. The van der Waals surface area contributed by atoms with Crippen LogP contribution in [0, 0.1) is 39.4 Å². The van der Waals surface area contributed by atoms with E-state index in [-0.39, 0.29) is 5.70 Å². The zero-order valence-corrected chi connectivity index (χ0v) is 12.0. The summed E-state index contributed by atoms with van der Waals surface area (Å²) < 4.78 is 0. The number of nitrogens with one attached hydrogen (secondary N) is 1. The Kier molecular flexibility index (Phi) is 3.98. The molecular weight excluding hydrogens is 274 g/mol. The minimum absolute atomic E-state index is 0.235. The summed E-state index contributed by atoms with van der Waals surface area (Å²) in [5, 5.41) is 28.0. The fourth-order valence-electron chi connectivity index (χ4n) is 2.01. The quantitative estimate of drug-likeness (QED) is 0.844. The molecule has 0 atom stereocenters. The van der Waals surface area contributed by atoms with Crippen molar-refractivity contribution in [2.75, 3.05) is 0 Å². The van der Waals surface area contributed by atoms with Gasteiger partial charge in [0.25, 0.3) is 0 Å². The van der Waals surface area contributed by atoms with Gasteiger partial charge in [0.2, 0.25) is 5.41 Å². The predicted molar refractivity (Wildman–Crippen MR) is 83.5 cm³/mol. The van der Waals surface area contributed by atoms with Gasteiger partial charge < -0.3 is 10.7 Å². The number of allylic oxidation sites excluding steroid dienone is 2. The fraction of sp³-hybridized carbons (Fsp3) is 0.118. The third-order valence-electron chi connectivity index (χ3n) is 3.32. The zero-order chi connectivity index (χ0) is 16.2. The molecule has 0 aliphatic rings. The molecule has 1 aromatic heterocycles. The number of benzene rings is 1. The highest BCUT2D eigenvalue weighted by Gasteiger charge is 2.27. The Balaban J connectivity index is 2.38. The standard InChI is InChI=1S/C17H13N5/c1-12(15(21)8-17(9-18,10-19)11-20)6-13-2-3-16-14(7-13)4-5-22-16/h2-8,22H,21H2,1H3/b12-6+,15-8-. The summed E-state index contributed by atoms with van der Waals surface area (Å²) in [6.45, 7) is 1.77. The van der Waals surface area contributed by atoms with Crippen molar-refractivity contribution in [1.29, 1.82) is 15.8 Å². The van der Waals surface area contributed by atoms with Crippen LogP contribution < -0.4 is 5.73 Å². The summed E-state index contributed by atoms with van der Waals surface area (Å²) in [6, 6.07) is 12.9. The van der Waals surface area contributed by atoms with Gasteiger partial charge in [-0.15, -0.1) is 0 Å². The third-order valence-corrected chi connectivity index (χ3v) is 3.32. The van der Waals surface area contributed by atoms with E-state index in [9.17, 15) is 0 Å². The van der Waals surface area contributed by atoms with Crippen LogP contribution in [0.3, 0.4) is 0 Å². The normalized spacial score (nSPS) is 12.5. The van der Waals surface area contributed by atoms with Gasteiger partial charge in [-0.25, -0.2) is 0 Å². The SMILES string of the molecule is CC(=C\c1ccc2[nH]ccc2c1)/C(N)=C/C(C#N)(C#N)C#N. The lowest BCUT2D eigenvalue weighted by molar-refractivity contribution is 0.862. The number of fused-ring (bicyclic) bond motifs is 1. The third kappa shape index (κ3) is 2.82. The van der Waals surface area contributed by atoms with Crippen LogP contribution in [0.4, 0.5) is 0 Å². The lowest BCUT2D eigenvalue weighted by atomic mass is 9.91. The first-order chi connectivity index (χ1) is 10.5. The van der Waals surface area contributed by atoms with Crippen molar-refractivity contribution in [2.24, 2.45) is 11.1 Å². The minimum atomic E-state index is -1.86. The van der Waals surface area contributed by atoms with Gasteiger partial charge >= 0.3 is 0 Å². The van der Waals surface area contributed by atoms with Gasteiger partial charge in [0, 0.05) is 17.4 Å². The highest BCUT2D eigenvalue weighted by Crippen LogP contribution is 2.21. The van der Waals surface area contributed by atoms with Crippen molar-refractivity contribution in [3.8, 4) is 18.2 Å². The summed E-state index contributed by atoms with van der Waals surface area (Å²) in [7, 11) is 0. The summed E-state index contributed by atoms with van der Waals surface area (Å²) >= 11 is 0. The number of aromatic amines is 1. The smallest absolute Gasteiger partial charge is 0.248 e. The number of aromatic nitrogens is 1. The number of H-pyrrole nitrogens is 1. The van der Waals surface area contributed by atoms with E-state index in [1.807, 2.05) is 36.5 Å². The minimum Gasteiger partial charge on any atom is -0.399 e. The molecule has 0 bridgehead atoms. The molecule has 2 aromatic rings. The molecule has 0 unspecified atom stereocenters. The Morgan fingerprint density at radius 3 is 2.50 bits per heavy atom. The number of rotatable bonds is 3. The van der Waals surface area contributed by atoms with Gasteiger partial charge in [-0.05, 0) is 53.8 Å². The van der Waals surface area contributed by atoms with Gasteiger partial charge in [0.1, 0.15) is 18.2 Å². The lowest BCUT2D eigenvalue weighted by Gasteiger charge is -2.07. The van der Waals surface area contributed by atoms with E-state index in [1.54, 1.807) is 25.1 Å². The zero-order valence-electron chi connectivity index (χ0n) is 12.0. The van der Waals surface area contributed by atoms with E-state index in [2.05, 4.69) is 4.98 Å². The maximum atomic E-state index is 8.97. The average Bonchev–Trinajstić information content (AvgIpc) is 3.00. The molecule has 0 saturated carbocycles. The first-order valence-corrected chi connectivity index (χ1v) is 6.51. The van der Waals surface area contributed by atoms with Crippen molar-refractivity contribution in [3.63, 3.8) is 0 Å². The monoisotopic (exact) mass is 287 g/mol. The van der Waals surface area contributed by atoms with E-state index in [4.69, 9.17) is 21.5 Å². The van der Waals surface area contributed by atoms with Crippen LogP contribution in [0.5, 0.6) is 0 Å². The predicted octanol–water partition coefficient (Wildman–Crippen LogP) is 2.97. The highest BCUT2D eigenvalue weighted by molar-refractivity contribution is 5.82. The van der Waals surface area contributed by atoms with Crippen molar-refractivity contribution >= 4 is 17.0 Å². The number of nitrogens with two attached hydrogens (primary N) is 1. The summed E-state index contributed by atoms with van der Waals surface area (Å²) in [5.41, 5.74) is 6.94. The van der Waals surface area contributed by atoms with Crippen LogP contribution in [0.25, 0.3) is 17.0 Å². The fourth-order valence-corrected chi connectivity index (χ4v) is 2.01. The molecule has 0 amide bonds. The highest BCUT2D eigenvalue weighted by atomic mass is 14.7. The molecule has 22 heavy (non-hydrogen) atoms. The topological polar surface area (TPSA) is 113 Å². The van der Waals surface area contributed by atoms with Crippen LogP contribution in [0.1, 0.15) is 12.5 Å². The Morgan fingerprint density at radius 1 is 1.18 bits per heavy atom. The molecular formula is C17H13N5. The Bertz CT molecular complexity index is 857. The number of nitriles is 3. The van der Waals surface area contributed by atoms with Crippen molar-refractivity contribution in [3.05, 3.63) is 53.4 Å². The van der Waals surface area contributed by atoms with Crippen LogP contribution in [-0.2, 0) is 0 Å². The molecule has 2 rings (SSSR count). The van der Waals surface area contributed by atoms with Crippen molar-refractivity contribution in [1.82, 2.24) is 4.98 Å². The molecule has 3 N–H and O–H groups in total. The van der Waals surface area contributed by atoms with Gasteiger partial charge in [-0.2, -0.15) is 15.8 Å². The largest absolute Gasteiger partial charge is 0.399 e. The lowest BCUT2D eigenvalue weighted by Crippen LogP contribution is -2.13. The number of nitrogens with zero attached hydrogens (tertiary/aromatic N) is 3. The Morgan fingerprint density at radius 2 is 1.86 bits per heavy atom. The van der Waals surface area contributed by atoms with Gasteiger partial charge in [-0.1, -0.05) is 6.07 Å². The van der Waals surface area contributed by atoms with Crippen LogP contribution in [-0.4, -0.2) is 4.98 Å². The summed E-state index contributed by atoms with van der Waals surface area (Å²) in [6.07, 6.45) is 4.89. The number of hydrogen-bond donors (Lipinski definition) is 2. The first-order valence-electron chi connectivity index (χ1n) is 6.51. The molecule has 106 valence electrons. The molecule has 1 aromatic carbocycles. The van der Waals surface area contributed by atoms with Crippen molar-refractivity contribution in [2.45, 2.75) is 6.92 Å². The molecule has 0 fully saturated rings. The Hall–Kier alpha value is -3.49. The average molecular weight is 287 g/mol. The number of hydrogen-bond acceptors (Lipinski definition) is 4. The van der Waals surface area contributed by atoms with E-state index in [0.717, 1.165) is 16.5 Å². The Labute approximate surface area is 128 Å². The van der Waals surface area contributed by atoms with Gasteiger partial charge in [-0.3, -0.25) is 0 Å². The maximum Gasteiger partial charge on any atom is 0.248 e. The van der Waals surface area contributed by atoms with Gasteiger partial charge in [0.05, 0.1) is 0 Å². The molecule has 5 heteroatoms. The second kappa shape index (κ2) is 5.87. The van der Waals surface area contributed by atoms with Crippen molar-refractivity contribution < 1.29 is 0 Å². The molecule has 0 spiro atoms. The summed E-state index contributed by atoms with van der Waals surface area (Å²) in [5.74, 6) is 0. The van der Waals surface area contributed by atoms with Gasteiger partial charge in [0.15, 0.2) is 0 Å².